The number of aliphatic hydroxyl groups excluding tert-OH is 1. The van der Waals surface area contributed by atoms with Crippen molar-refractivity contribution in [1.29, 1.82) is 0 Å². The van der Waals surface area contributed by atoms with Gasteiger partial charge in [-0.25, -0.2) is 0 Å². The average Bonchev–Trinajstić information content (AvgIpc) is 2.66. The van der Waals surface area contributed by atoms with Crippen LogP contribution in [0.25, 0.3) is 0 Å². The maximum atomic E-state index is 12.2. The van der Waals surface area contributed by atoms with Crippen LogP contribution in [-0.4, -0.2) is 41.2 Å². The Morgan fingerprint density at radius 3 is 2.50 bits per heavy atom. The van der Waals surface area contributed by atoms with Crippen molar-refractivity contribution < 1.29 is 19.8 Å². The Morgan fingerprint density at radius 2 is 1.82 bits per heavy atom. The van der Waals surface area contributed by atoms with Crippen LogP contribution in [0.5, 0.6) is 5.75 Å². The van der Waals surface area contributed by atoms with Gasteiger partial charge in [-0.3, -0.25) is 9.59 Å². The lowest BCUT2D eigenvalue weighted by Gasteiger charge is -2.14. The third kappa shape index (κ3) is 6.68. The van der Waals surface area contributed by atoms with Crippen molar-refractivity contribution in [2.24, 2.45) is 0 Å². The van der Waals surface area contributed by atoms with Gasteiger partial charge in [0.05, 0.1) is 11.7 Å². The second-order valence-corrected chi connectivity index (χ2v) is 6.58. The summed E-state index contributed by atoms with van der Waals surface area (Å²) in [5, 5.41) is 28.3. The van der Waals surface area contributed by atoms with Gasteiger partial charge in [0.2, 0.25) is 5.91 Å². The maximum absolute atomic E-state index is 12.2. The van der Waals surface area contributed by atoms with E-state index in [2.05, 4.69) is 35.0 Å². The number of phenolic OH excluding ortho intramolecular Hbond substituents is 1. The van der Waals surface area contributed by atoms with Crippen LogP contribution in [0, 0.1) is 0 Å². The lowest BCUT2D eigenvalue weighted by Crippen LogP contribution is -2.38. The molecule has 0 spiro atoms. The van der Waals surface area contributed by atoms with E-state index in [4.69, 9.17) is 0 Å². The fourth-order valence-electron chi connectivity index (χ4n) is 2.73. The first-order valence-electron chi connectivity index (χ1n) is 9.24. The molecule has 2 amide bonds. The highest BCUT2D eigenvalue weighted by molar-refractivity contribution is 5.98. The Balaban J connectivity index is 1.78. The molecule has 5 N–H and O–H groups in total. The molecule has 7 heteroatoms. The van der Waals surface area contributed by atoms with Crippen LogP contribution in [0.1, 0.15) is 35.3 Å². The molecule has 1 unspecified atom stereocenters. The average molecular weight is 385 g/mol. The summed E-state index contributed by atoms with van der Waals surface area (Å²) in [6, 6.07) is 12.5. The summed E-state index contributed by atoms with van der Waals surface area (Å²) in [5.74, 6) is -1.01. The molecule has 2 rings (SSSR count). The second kappa shape index (κ2) is 10.4. The van der Waals surface area contributed by atoms with Crippen molar-refractivity contribution in [1.82, 2.24) is 10.6 Å². The Kier molecular flexibility index (Phi) is 7.98. The Morgan fingerprint density at radius 1 is 1.07 bits per heavy atom. The number of nitrogens with one attached hydrogen (secondary N) is 3. The smallest absolute Gasteiger partial charge is 0.255 e. The number of aliphatic hydroxyl groups is 1. The number of anilines is 1. The second-order valence-electron chi connectivity index (χ2n) is 6.58. The number of rotatable bonds is 9. The third-order valence-electron chi connectivity index (χ3n) is 4.17. The summed E-state index contributed by atoms with van der Waals surface area (Å²) < 4.78 is 0. The van der Waals surface area contributed by atoms with Gasteiger partial charge in [-0.15, -0.1) is 0 Å². The molecule has 28 heavy (non-hydrogen) atoms. The zero-order valence-electron chi connectivity index (χ0n) is 16.2. The number of hydrogen-bond acceptors (Lipinski definition) is 5. The molecule has 0 radical (unpaired) electrons. The van der Waals surface area contributed by atoms with Gasteiger partial charge in [-0.1, -0.05) is 31.2 Å². The van der Waals surface area contributed by atoms with E-state index in [-0.39, 0.29) is 23.8 Å². The lowest BCUT2D eigenvalue weighted by atomic mass is 10.1. The van der Waals surface area contributed by atoms with Crippen LogP contribution in [0.3, 0.4) is 0 Å². The molecule has 0 aliphatic carbocycles. The molecule has 150 valence electrons. The monoisotopic (exact) mass is 385 g/mol. The quantitative estimate of drug-likeness (QED) is 0.452. The molecule has 0 bridgehead atoms. The molecular formula is C21H27N3O4. The van der Waals surface area contributed by atoms with Crippen molar-refractivity contribution in [2.45, 2.75) is 32.9 Å². The molecule has 0 aliphatic rings. The Bertz CT molecular complexity index is 823. The number of phenols is 1. The molecule has 0 aromatic heterocycles. The highest BCUT2D eigenvalue weighted by Crippen LogP contribution is 2.21. The van der Waals surface area contributed by atoms with Gasteiger partial charge in [-0.05, 0) is 29.7 Å². The normalized spacial score (nSPS) is 11.7. The predicted octanol–water partition coefficient (Wildman–Crippen LogP) is 1.79. The summed E-state index contributed by atoms with van der Waals surface area (Å²) in [6.45, 7) is 4.46. The van der Waals surface area contributed by atoms with Gasteiger partial charge in [0.25, 0.3) is 5.91 Å². The van der Waals surface area contributed by atoms with Gasteiger partial charge in [0.15, 0.2) is 0 Å². The van der Waals surface area contributed by atoms with Gasteiger partial charge < -0.3 is 26.2 Å². The fourth-order valence-corrected chi connectivity index (χ4v) is 2.73. The van der Waals surface area contributed by atoms with Gasteiger partial charge in [-0.2, -0.15) is 0 Å². The summed E-state index contributed by atoms with van der Waals surface area (Å²) >= 11 is 0. The van der Waals surface area contributed by atoms with E-state index in [9.17, 15) is 19.8 Å². The van der Waals surface area contributed by atoms with E-state index in [1.165, 1.54) is 30.7 Å². The van der Waals surface area contributed by atoms with E-state index >= 15 is 0 Å². The predicted molar refractivity (Wildman–Crippen MR) is 108 cm³/mol. The van der Waals surface area contributed by atoms with Crippen molar-refractivity contribution in [2.75, 3.05) is 18.4 Å². The van der Waals surface area contributed by atoms with Gasteiger partial charge in [0.1, 0.15) is 5.75 Å². The van der Waals surface area contributed by atoms with Gasteiger partial charge >= 0.3 is 0 Å². The van der Waals surface area contributed by atoms with Crippen molar-refractivity contribution in [3.05, 3.63) is 59.2 Å². The molecule has 2 aromatic carbocycles. The van der Waals surface area contributed by atoms with Gasteiger partial charge in [0, 0.05) is 38.3 Å². The zero-order chi connectivity index (χ0) is 20.5. The number of carbonyl (C=O) groups excluding carboxylic acids is 2. The topological polar surface area (TPSA) is 111 Å². The summed E-state index contributed by atoms with van der Waals surface area (Å²) in [5.41, 5.74) is 2.87. The fraction of sp³-hybridized carbons (Fsp3) is 0.333. The number of amides is 2. The maximum Gasteiger partial charge on any atom is 0.255 e. The van der Waals surface area contributed by atoms with E-state index in [1.54, 1.807) is 0 Å². The minimum absolute atomic E-state index is 0.0493. The summed E-state index contributed by atoms with van der Waals surface area (Å²) in [4.78, 5) is 23.2. The minimum Gasteiger partial charge on any atom is -0.507 e. The number of aromatic hydroxyl groups is 1. The van der Waals surface area contributed by atoms with Crippen LogP contribution in [0.2, 0.25) is 0 Å². The molecule has 1 atom stereocenters. The molecule has 0 saturated heterocycles. The van der Waals surface area contributed by atoms with Crippen LogP contribution < -0.4 is 16.0 Å². The van der Waals surface area contributed by atoms with Crippen molar-refractivity contribution in [3.63, 3.8) is 0 Å². The Labute approximate surface area is 164 Å². The highest BCUT2D eigenvalue weighted by Gasteiger charge is 2.13. The van der Waals surface area contributed by atoms with Crippen LogP contribution >= 0.6 is 0 Å². The van der Waals surface area contributed by atoms with Crippen LogP contribution in [-0.2, 0) is 17.8 Å². The third-order valence-corrected chi connectivity index (χ3v) is 4.17. The van der Waals surface area contributed by atoms with E-state index in [0.717, 1.165) is 12.0 Å². The van der Waals surface area contributed by atoms with Crippen molar-refractivity contribution >= 4 is 17.5 Å². The Hall–Kier alpha value is -2.90. The molecule has 0 aliphatic heterocycles. The zero-order valence-corrected chi connectivity index (χ0v) is 16.2. The number of carbonyl (C=O) groups is 2. The lowest BCUT2D eigenvalue weighted by molar-refractivity contribution is -0.114. The highest BCUT2D eigenvalue weighted by atomic mass is 16.3. The summed E-state index contributed by atoms with van der Waals surface area (Å²) in [6.07, 6.45) is 0.209. The molecule has 7 nitrogen and oxygen atoms in total. The first kappa shape index (κ1) is 21.4. The number of benzene rings is 2. The molecule has 0 fully saturated rings. The van der Waals surface area contributed by atoms with Crippen LogP contribution in [0.15, 0.2) is 42.5 Å². The first-order valence-corrected chi connectivity index (χ1v) is 9.24. The molecule has 0 heterocycles. The molecule has 0 saturated carbocycles. The minimum atomic E-state index is -0.765. The first-order chi connectivity index (χ1) is 13.4. The SMILES string of the molecule is CCc1cccc(CNCC(O)CNC(=O)c2ccc(NC(C)=O)cc2O)c1. The van der Waals surface area contributed by atoms with Crippen LogP contribution in [0.4, 0.5) is 5.69 Å². The standard InChI is InChI=1S/C21H27N3O4/c1-3-15-5-4-6-16(9-15)11-22-12-18(26)13-23-21(28)19-8-7-17(10-20(19)27)24-14(2)25/h4-10,18,22,26-27H,3,11-13H2,1-2H3,(H,23,28)(H,24,25). The van der Waals surface area contributed by atoms with Crippen molar-refractivity contribution in [3.8, 4) is 5.75 Å². The van der Waals surface area contributed by atoms with E-state index in [1.807, 2.05) is 12.1 Å². The largest absolute Gasteiger partial charge is 0.507 e. The van der Waals surface area contributed by atoms with E-state index in [0.29, 0.717) is 18.8 Å². The summed E-state index contributed by atoms with van der Waals surface area (Å²) in [7, 11) is 0. The van der Waals surface area contributed by atoms with E-state index < -0.39 is 12.0 Å². The number of hydrogen-bond donors (Lipinski definition) is 5. The molecular weight excluding hydrogens is 358 g/mol. The molecule has 2 aromatic rings. The number of aryl methyl sites for hydroxylation is 1.